The van der Waals surface area contributed by atoms with Crippen molar-refractivity contribution in [3.63, 3.8) is 0 Å². The highest BCUT2D eigenvalue weighted by atomic mass is 19.1. The Bertz CT molecular complexity index is 373. The van der Waals surface area contributed by atoms with E-state index in [0.717, 1.165) is 12.1 Å². The topological polar surface area (TPSA) is 29.5 Å². The molecule has 0 heterocycles. The van der Waals surface area contributed by atoms with Gasteiger partial charge in [-0.05, 0) is 18.9 Å². The number of hydrogen-bond donors (Lipinski definition) is 1. The summed E-state index contributed by atoms with van der Waals surface area (Å²) in [5.74, 6) is -1.44. The van der Waals surface area contributed by atoms with Crippen LogP contribution in [0.5, 0.6) is 5.75 Å². The predicted molar refractivity (Wildman–Crippen MR) is 46.0 cm³/mol. The third-order valence-corrected chi connectivity index (χ3v) is 2.45. The molecule has 14 heavy (non-hydrogen) atoms. The van der Waals surface area contributed by atoms with Gasteiger partial charge in [-0.1, -0.05) is 0 Å². The van der Waals surface area contributed by atoms with Gasteiger partial charge in [0.1, 0.15) is 5.82 Å². The van der Waals surface area contributed by atoms with Gasteiger partial charge in [-0.3, -0.25) is 0 Å². The van der Waals surface area contributed by atoms with Gasteiger partial charge < -0.3 is 9.84 Å². The highest BCUT2D eigenvalue weighted by Crippen LogP contribution is 2.47. The second kappa shape index (κ2) is 2.92. The van der Waals surface area contributed by atoms with Crippen LogP contribution in [0.15, 0.2) is 12.1 Å². The van der Waals surface area contributed by atoms with Crippen LogP contribution in [-0.2, 0) is 5.60 Å². The molecular formula is C10H10F2O2. The summed E-state index contributed by atoms with van der Waals surface area (Å²) in [6.07, 6.45) is 0.938. The molecule has 1 aliphatic carbocycles. The predicted octanol–water partition coefficient (Wildman–Crippen LogP) is 1.95. The minimum atomic E-state index is -1.18. The second-order valence-electron chi connectivity index (χ2n) is 3.50. The Hall–Kier alpha value is -1.16. The maximum atomic E-state index is 13.5. The molecule has 1 aromatic rings. The van der Waals surface area contributed by atoms with Gasteiger partial charge >= 0.3 is 0 Å². The van der Waals surface area contributed by atoms with E-state index in [9.17, 15) is 13.9 Å². The lowest BCUT2D eigenvalue weighted by atomic mass is 10.1. The van der Waals surface area contributed by atoms with E-state index in [0.29, 0.717) is 12.8 Å². The van der Waals surface area contributed by atoms with E-state index in [2.05, 4.69) is 4.74 Å². The van der Waals surface area contributed by atoms with Crippen LogP contribution in [0.3, 0.4) is 0 Å². The third-order valence-electron chi connectivity index (χ3n) is 2.45. The number of methoxy groups -OCH3 is 1. The maximum Gasteiger partial charge on any atom is 0.171 e. The zero-order chi connectivity index (χ0) is 10.3. The van der Waals surface area contributed by atoms with Crippen molar-refractivity contribution in [2.24, 2.45) is 0 Å². The van der Waals surface area contributed by atoms with Crippen molar-refractivity contribution in [3.05, 3.63) is 29.3 Å². The monoisotopic (exact) mass is 200 g/mol. The van der Waals surface area contributed by atoms with Crippen molar-refractivity contribution in [1.29, 1.82) is 0 Å². The first-order valence-electron chi connectivity index (χ1n) is 4.33. The largest absolute Gasteiger partial charge is 0.494 e. The first-order chi connectivity index (χ1) is 6.57. The van der Waals surface area contributed by atoms with Crippen LogP contribution < -0.4 is 4.74 Å². The number of rotatable bonds is 2. The van der Waals surface area contributed by atoms with Crippen LogP contribution in [0.1, 0.15) is 18.4 Å². The van der Waals surface area contributed by atoms with Gasteiger partial charge in [0.15, 0.2) is 11.6 Å². The summed E-state index contributed by atoms with van der Waals surface area (Å²) < 4.78 is 31.2. The highest BCUT2D eigenvalue weighted by molar-refractivity contribution is 5.37. The Morgan fingerprint density at radius 2 is 2.00 bits per heavy atom. The minimum absolute atomic E-state index is 0.00523. The molecular weight excluding hydrogens is 190 g/mol. The Labute approximate surface area is 80.1 Å². The van der Waals surface area contributed by atoms with Gasteiger partial charge in [-0.2, -0.15) is 0 Å². The molecule has 0 saturated heterocycles. The van der Waals surface area contributed by atoms with Gasteiger partial charge in [0.2, 0.25) is 0 Å². The van der Waals surface area contributed by atoms with E-state index in [4.69, 9.17) is 0 Å². The highest BCUT2D eigenvalue weighted by Gasteiger charge is 2.45. The Balaban J connectivity index is 2.54. The quantitative estimate of drug-likeness (QED) is 0.790. The average Bonchev–Trinajstić information content (AvgIpc) is 2.88. The molecule has 2 rings (SSSR count). The van der Waals surface area contributed by atoms with Crippen molar-refractivity contribution >= 4 is 0 Å². The summed E-state index contributed by atoms with van der Waals surface area (Å²) in [5.41, 5.74) is -1.19. The molecule has 0 spiro atoms. The number of benzene rings is 1. The summed E-state index contributed by atoms with van der Waals surface area (Å²) in [6, 6.07) is 1.98. The molecule has 0 aliphatic heterocycles. The second-order valence-corrected chi connectivity index (χ2v) is 3.50. The molecule has 1 fully saturated rings. The van der Waals surface area contributed by atoms with E-state index < -0.39 is 17.2 Å². The fraction of sp³-hybridized carbons (Fsp3) is 0.400. The van der Waals surface area contributed by atoms with Crippen LogP contribution in [0.4, 0.5) is 8.78 Å². The Morgan fingerprint density at radius 3 is 2.50 bits per heavy atom. The van der Waals surface area contributed by atoms with Crippen molar-refractivity contribution in [2.75, 3.05) is 7.11 Å². The van der Waals surface area contributed by atoms with Crippen molar-refractivity contribution in [2.45, 2.75) is 18.4 Å². The molecule has 0 aromatic heterocycles. The van der Waals surface area contributed by atoms with E-state index in [1.165, 1.54) is 7.11 Å². The number of aliphatic hydroxyl groups is 1. The number of hydrogen-bond acceptors (Lipinski definition) is 2. The Morgan fingerprint density at radius 1 is 1.36 bits per heavy atom. The van der Waals surface area contributed by atoms with Gasteiger partial charge in [0.05, 0.1) is 12.7 Å². The molecule has 0 radical (unpaired) electrons. The summed E-state index contributed by atoms with van der Waals surface area (Å²) in [5, 5.41) is 9.66. The maximum absolute atomic E-state index is 13.5. The van der Waals surface area contributed by atoms with E-state index in [1.54, 1.807) is 0 Å². The standard InChI is InChI=1S/C10H10F2O2/c1-14-8-5-6(11)4-7(9(8)12)10(13)2-3-10/h4-5,13H,2-3H2,1H3. The molecule has 1 aromatic carbocycles. The molecule has 1 aliphatic rings. The van der Waals surface area contributed by atoms with Crippen LogP contribution >= 0.6 is 0 Å². The van der Waals surface area contributed by atoms with E-state index in [-0.39, 0.29) is 11.3 Å². The fourth-order valence-electron chi connectivity index (χ4n) is 1.44. The molecule has 0 atom stereocenters. The van der Waals surface area contributed by atoms with E-state index >= 15 is 0 Å². The minimum Gasteiger partial charge on any atom is -0.494 e. The van der Waals surface area contributed by atoms with Crippen LogP contribution in [0.25, 0.3) is 0 Å². The first kappa shape index (κ1) is 9.40. The normalized spacial score (nSPS) is 18.0. The van der Waals surface area contributed by atoms with E-state index in [1.807, 2.05) is 0 Å². The molecule has 0 bridgehead atoms. The summed E-state index contributed by atoms with van der Waals surface area (Å²) in [4.78, 5) is 0. The smallest absolute Gasteiger partial charge is 0.171 e. The summed E-state index contributed by atoms with van der Waals surface area (Å²) >= 11 is 0. The van der Waals surface area contributed by atoms with Crippen molar-refractivity contribution in [3.8, 4) is 5.75 Å². The van der Waals surface area contributed by atoms with Crippen LogP contribution in [0.2, 0.25) is 0 Å². The molecule has 0 unspecified atom stereocenters. The van der Waals surface area contributed by atoms with Crippen LogP contribution in [0, 0.1) is 11.6 Å². The molecule has 0 amide bonds. The SMILES string of the molecule is COc1cc(F)cc(C2(O)CC2)c1F. The fourth-order valence-corrected chi connectivity index (χ4v) is 1.44. The van der Waals surface area contributed by atoms with Crippen molar-refractivity contribution < 1.29 is 18.6 Å². The number of halogens is 2. The average molecular weight is 200 g/mol. The van der Waals surface area contributed by atoms with Crippen molar-refractivity contribution in [1.82, 2.24) is 0 Å². The lowest BCUT2D eigenvalue weighted by Crippen LogP contribution is -2.09. The molecule has 4 heteroatoms. The Kier molecular flexibility index (Phi) is 1.96. The van der Waals surface area contributed by atoms with Gasteiger partial charge in [0, 0.05) is 11.6 Å². The molecule has 1 saturated carbocycles. The van der Waals surface area contributed by atoms with Crippen LogP contribution in [-0.4, -0.2) is 12.2 Å². The van der Waals surface area contributed by atoms with Gasteiger partial charge in [-0.15, -0.1) is 0 Å². The molecule has 76 valence electrons. The van der Waals surface area contributed by atoms with Gasteiger partial charge in [0.25, 0.3) is 0 Å². The zero-order valence-corrected chi connectivity index (χ0v) is 7.68. The summed E-state index contributed by atoms with van der Waals surface area (Å²) in [6.45, 7) is 0. The zero-order valence-electron chi connectivity index (χ0n) is 7.68. The molecule has 1 N–H and O–H groups in total. The number of ether oxygens (including phenoxy) is 1. The summed E-state index contributed by atoms with van der Waals surface area (Å²) in [7, 11) is 1.26. The molecule has 2 nitrogen and oxygen atoms in total. The third kappa shape index (κ3) is 1.35. The first-order valence-corrected chi connectivity index (χ1v) is 4.33. The lowest BCUT2D eigenvalue weighted by Gasteiger charge is -2.12. The lowest BCUT2D eigenvalue weighted by molar-refractivity contribution is 0.145. The van der Waals surface area contributed by atoms with Gasteiger partial charge in [-0.25, -0.2) is 8.78 Å².